The highest BCUT2D eigenvalue weighted by atomic mass is 16.3. The monoisotopic (exact) mass is 245 g/mol. The van der Waals surface area contributed by atoms with E-state index in [1.54, 1.807) is 0 Å². The van der Waals surface area contributed by atoms with Crippen LogP contribution >= 0.6 is 0 Å². The smallest absolute Gasteiger partial charge is 0.0692 e. The van der Waals surface area contributed by atoms with Crippen molar-refractivity contribution in [1.82, 2.24) is 5.32 Å². The van der Waals surface area contributed by atoms with Gasteiger partial charge >= 0.3 is 0 Å². The van der Waals surface area contributed by atoms with Crippen LogP contribution < -0.4 is 5.32 Å². The second kappa shape index (κ2) is 8.74. The van der Waals surface area contributed by atoms with Crippen LogP contribution in [0.15, 0.2) is 30.3 Å². The van der Waals surface area contributed by atoms with E-state index in [0.717, 1.165) is 18.4 Å². The molecule has 18 heavy (non-hydrogen) atoms. The fraction of sp³-hybridized carbons (Fsp3) is 0.500. The molecule has 0 radical (unpaired) electrons. The van der Waals surface area contributed by atoms with Gasteiger partial charge in [-0.15, -0.1) is 0 Å². The molecular formula is C16H23NO. The van der Waals surface area contributed by atoms with E-state index in [4.69, 9.17) is 0 Å². The third-order valence-corrected chi connectivity index (χ3v) is 3.17. The Morgan fingerprint density at radius 2 is 1.83 bits per heavy atom. The van der Waals surface area contributed by atoms with Crippen LogP contribution in [-0.2, 0) is 0 Å². The zero-order chi connectivity index (χ0) is 13.2. The van der Waals surface area contributed by atoms with Crippen LogP contribution in [0, 0.1) is 17.8 Å². The van der Waals surface area contributed by atoms with Gasteiger partial charge in [0.05, 0.1) is 12.6 Å². The Labute approximate surface area is 110 Å². The van der Waals surface area contributed by atoms with Crippen LogP contribution in [0.25, 0.3) is 0 Å². The number of aliphatic hydroxyl groups is 1. The molecule has 0 spiro atoms. The number of benzene rings is 1. The lowest BCUT2D eigenvalue weighted by Crippen LogP contribution is -2.32. The zero-order valence-electron chi connectivity index (χ0n) is 11.3. The van der Waals surface area contributed by atoms with Gasteiger partial charge in [0.15, 0.2) is 0 Å². The van der Waals surface area contributed by atoms with Crippen molar-refractivity contribution in [2.75, 3.05) is 13.1 Å². The molecule has 2 nitrogen and oxygen atoms in total. The Bertz CT molecular complexity index is 373. The largest absolute Gasteiger partial charge is 0.392 e. The van der Waals surface area contributed by atoms with E-state index in [1.807, 2.05) is 30.3 Å². The van der Waals surface area contributed by atoms with Crippen LogP contribution in [0.3, 0.4) is 0 Å². The first-order valence-electron chi connectivity index (χ1n) is 6.70. The maximum Gasteiger partial charge on any atom is 0.0692 e. The molecule has 0 saturated carbocycles. The molecule has 0 heterocycles. The Morgan fingerprint density at radius 3 is 2.44 bits per heavy atom. The van der Waals surface area contributed by atoms with Crippen LogP contribution in [-0.4, -0.2) is 24.3 Å². The van der Waals surface area contributed by atoms with Crippen molar-refractivity contribution in [3.8, 4) is 11.8 Å². The molecule has 0 aliphatic carbocycles. The summed E-state index contributed by atoms with van der Waals surface area (Å²) in [4.78, 5) is 0. The normalized spacial score (nSPS) is 12.0. The van der Waals surface area contributed by atoms with Crippen LogP contribution in [0.4, 0.5) is 0 Å². The molecule has 1 unspecified atom stereocenters. The Hall–Kier alpha value is -1.30. The van der Waals surface area contributed by atoms with Gasteiger partial charge in [0.25, 0.3) is 0 Å². The van der Waals surface area contributed by atoms with Crippen LogP contribution in [0.5, 0.6) is 0 Å². The number of nitrogens with one attached hydrogen (secondary N) is 1. The summed E-state index contributed by atoms with van der Waals surface area (Å²) in [5, 5.41) is 13.1. The van der Waals surface area contributed by atoms with Crippen molar-refractivity contribution in [2.24, 2.45) is 5.92 Å². The molecule has 1 aromatic carbocycles. The first kappa shape index (κ1) is 14.8. The molecule has 0 saturated heterocycles. The van der Waals surface area contributed by atoms with Gasteiger partial charge in [-0.3, -0.25) is 0 Å². The summed E-state index contributed by atoms with van der Waals surface area (Å²) in [6.45, 7) is 5.47. The van der Waals surface area contributed by atoms with E-state index in [2.05, 4.69) is 31.0 Å². The van der Waals surface area contributed by atoms with Crippen molar-refractivity contribution in [3.63, 3.8) is 0 Å². The fourth-order valence-electron chi connectivity index (χ4n) is 1.95. The van der Waals surface area contributed by atoms with Gasteiger partial charge in [-0.25, -0.2) is 0 Å². The molecule has 2 heteroatoms. The summed E-state index contributed by atoms with van der Waals surface area (Å²) in [6, 6.07) is 9.93. The molecule has 0 fully saturated rings. The Morgan fingerprint density at radius 1 is 1.17 bits per heavy atom. The number of hydrogen-bond donors (Lipinski definition) is 2. The Balaban J connectivity index is 2.25. The van der Waals surface area contributed by atoms with E-state index in [9.17, 15) is 5.11 Å². The van der Waals surface area contributed by atoms with Gasteiger partial charge in [-0.1, -0.05) is 56.7 Å². The zero-order valence-corrected chi connectivity index (χ0v) is 11.3. The van der Waals surface area contributed by atoms with Gasteiger partial charge in [-0.2, -0.15) is 0 Å². The molecule has 98 valence electrons. The first-order chi connectivity index (χ1) is 8.77. The third-order valence-electron chi connectivity index (χ3n) is 3.17. The van der Waals surface area contributed by atoms with Crippen molar-refractivity contribution < 1.29 is 5.11 Å². The topological polar surface area (TPSA) is 32.3 Å². The minimum absolute atomic E-state index is 0.265. The van der Waals surface area contributed by atoms with Crippen molar-refractivity contribution in [1.29, 1.82) is 0 Å². The quantitative estimate of drug-likeness (QED) is 0.596. The minimum atomic E-state index is -0.265. The average molecular weight is 245 g/mol. The molecule has 0 aliphatic rings. The molecule has 1 aromatic rings. The summed E-state index contributed by atoms with van der Waals surface area (Å²) in [5.74, 6) is 6.53. The van der Waals surface area contributed by atoms with Crippen LogP contribution in [0.2, 0.25) is 0 Å². The van der Waals surface area contributed by atoms with Gasteiger partial charge < -0.3 is 10.4 Å². The molecule has 0 bridgehead atoms. The standard InChI is InChI=1S/C16H23NO/c1-3-15(4-2)16(18)13-17-12-8-11-14-9-6-5-7-10-14/h5-7,9-10,15-18H,3-4,12-13H2,1-2H3. The maximum absolute atomic E-state index is 9.91. The number of hydrogen-bond acceptors (Lipinski definition) is 2. The molecule has 1 atom stereocenters. The SMILES string of the molecule is CCC(CC)C(O)CNCC#Cc1ccccc1. The van der Waals surface area contributed by atoms with Gasteiger partial charge in [0.2, 0.25) is 0 Å². The second-order valence-electron chi connectivity index (χ2n) is 4.44. The van der Waals surface area contributed by atoms with Gasteiger partial charge in [0, 0.05) is 12.1 Å². The van der Waals surface area contributed by atoms with E-state index < -0.39 is 0 Å². The van der Waals surface area contributed by atoms with Crippen LogP contribution in [0.1, 0.15) is 32.3 Å². The lowest BCUT2D eigenvalue weighted by atomic mass is 9.97. The summed E-state index contributed by atoms with van der Waals surface area (Å²) in [5.41, 5.74) is 1.03. The molecule has 1 rings (SSSR count). The number of aliphatic hydroxyl groups excluding tert-OH is 1. The van der Waals surface area contributed by atoms with E-state index >= 15 is 0 Å². The minimum Gasteiger partial charge on any atom is -0.392 e. The van der Waals surface area contributed by atoms with E-state index in [0.29, 0.717) is 19.0 Å². The van der Waals surface area contributed by atoms with E-state index in [-0.39, 0.29) is 6.10 Å². The predicted octanol–water partition coefficient (Wildman–Crippen LogP) is 2.42. The maximum atomic E-state index is 9.91. The highest BCUT2D eigenvalue weighted by molar-refractivity contribution is 5.33. The first-order valence-corrected chi connectivity index (χ1v) is 6.70. The van der Waals surface area contributed by atoms with Crippen molar-refractivity contribution in [2.45, 2.75) is 32.8 Å². The summed E-state index contributed by atoms with van der Waals surface area (Å²) in [6.07, 6.45) is 1.78. The molecule has 0 aromatic heterocycles. The van der Waals surface area contributed by atoms with Gasteiger partial charge in [0.1, 0.15) is 0 Å². The lowest BCUT2D eigenvalue weighted by Gasteiger charge is -2.19. The summed E-state index contributed by atoms with van der Waals surface area (Å²) >= 11 is 0. The molecule has 2 N–H and O–H groups in total. The summed E-state index contributed by atoms with van der Waals surface area (Å²) < 4.78 is 0. The molecular weight excluding hydrogens is 222 g/mol. The molecule has 0 aliphatic heterocycles. The molecule has 0 amide bonds. The predicted molar refractivity (Wildman–Crippen MR) is 76.3 cm³/mol. The fourth-order valence-corrected chi connectivity index (χ4v) is 1.95. The second-order valence-corrected chi connectivity index (χ2v) is 4.44. The summed E-state index contributed by atoms with van der Waals surface area (Å²) in [7, 11) is 0. The highest BCUT2D eigenvalue weighted by Gasteiger charge is 2.13. The lowest BCUT2D eigenvalue weighted by molar-refractivity contribution is 0.103. The highest BCUT2D eigenvalue weighted by Crippen LogP contribution is 2.11. The van der Waals surface area contributed by atoms with Crippen molar-refractivity contribution in [3.05, 3.63) is 35.9 Å². The number of rotatable bonds is 6. The third kappa shape index (κ3) is 5.35. The average Bonchev–Trinajstić information content (AvgIpc) is 2.41. The van der Waals surface area contributed by atoms with Gasteiger partial charge in [-0.05, 0) is 18.1 Å². The Kier molecular flexibility index (Phi) is 7.17. The van der Waals surface area contributed by atoms with E-state index in [1.165, 1.54) is 0 Å². The van der Waals surface area contributed by atoms with Crippen molar-refractivity contribution >= 4 is 0 Å².